The third-order valence-electron chi connectivity index (χ3n) is 1.92. The maximum Gasteiger partial charge on any atom is 0.00417 e. The first-order chi connectivity index (χ1) is 5.18. The zero-order valence-electron chi connectivity index (χ0n) is 7.97. The average Bonchev–Trinajstić information content (AvgIpc) is 1.97. The van der Waals surface area contributed by atoms with Crippen molar-refractivity contribution in [3.63, 3.8) is 0 Å². The van der Waals surface area contributed by atoms with Crippen LogP contribution in [0.5, 0.6) is 0 Å². The summed E-state index contributed by atoms with van der Waals surface area (Å²) in [5.41, 5.74) is 5.40. The van der Waals surface area contributed by atoms with Crippen LogP contribution in [0, 0.1) is 5.92 Å². The van der Waals surface area contributed by atoms with E-state index in [-0.39, 0.29) is 0 Å². The van der Waals surface area contributed by atoms with Crippen LogP contribution in [0.3, 0.4) is 0 Å². The van der Waals surface area contributed by atoms with Gasteiger partial charge in [0.2, 0.25) is 0 Å². The molecule has 2 heteroatoms. The van der Waals surface area contributed by atoms with Crippen molar-refractivity contribution < 1.29 is 0 Å². The second-order valence-corrected chi connectivity index (χ2v) is 4.80. The molecule has 1 atom stereocenters. The molecular weight excluding hydrogens is 154 g/mol. The van der Waals surface area contributed by atoms with Gasteiger partial charge in [0.05, 0.1) is 0 Å². The molecule has 0 saturated carbocycles. The molecule has 0 spiro atoms. The number of hydrogen-bond acceptors (Lipinski definition) is 2. The van der Waals surface area contributed by atoms with Crippen LogP contribution in [0.25, 0.3) is 0 Å². The molecule has 0 fully saturated rings. The summed E-state index contributed by atoms with van der Waals surface area (Å²) in [6, 6.07) is 0. The molecule has 1 unspecified atom stereocenters. The van der Waals surface area contributed by atoms with Crippen LogP contribution in [0.15, 0.2) is 0 Å². The minimum absolute atomic E-state index is 0.799. The molecule has 0 rings (SSSR count). The first-order valence-electron chi connectivity index (χ1n) is 4.50. The van der Waals surface area contributed by atoms with Gasteiger partial charge in [-0.3, -0.25) is 0 Å². The van der Waals surface area contributed by atoms with Crippen LogP contribution in [0.2, 0.25) is 0 Å². The Morgan fingerprint density at radius 2 is 1.82 bits per heavy atom. The Labute approximate surface area is 75.1 Å². The molecule has 2 N–H and O–H groups in total. The van der Waals surface area contributed by atoms with Crippen molar-refractivity contribution in [3.8, 4) is 0 Å². The van der Waals surface area contributed by atoms with Gasteiger partial charge in [0.15, 0.2) is 0 Å². The third kappa shape index (κ3) is 6.70. The van der Waals surface area contributed by atoms with E-state index in [1.807, 2.05) is 0 Å². The molecule has 0 aliphatic heterocycles. The Kier molecular flexibility index (Phi) is 7.18. The summed E-state index contributed by atoms with van der Waals surface area (Å²) >= 11 is 2.07. The van der Waals surface area contributed by atoms with Crippen LogP contribution in [-0.4, -0.2) is 17.5 Å². The summed E-state index contributed by atoms with van der Waals surface area (Å²) in [5, 5.41) is 0.799. The monoisotopic (exact) mass is 175 g/mol. The van der Waals surface area contributed by atoms with Gasteiger partial charge in [0.1, 0.15) is 0 Å². The van der Waals surface area contributed by atoms with E-state index >= 15 is 0 Å². The predicted molar refractivity (Wildman–Crippen MR) is 55.0 cm³/mol. The van der Waals surface area contributed by atoms with Gasteiger partial charge < -0.3 is 5.73 Å². The zero-order valence-corrected chi connectivity index (χ0v) is 8.79. The molecule has 0 saturated heterocycles. The lowest BCUT2D eigenvalue weighted by atomic mass is 10.2. The predicted octanol–water partition coefficient (Wildman–Crippen LogP) is 2.50. The van der Waals surface area contributed by atoms with E-state index in [0.717, 1.165) is 17.7 Å². The van der Waals surface area contributed by atoms with E-state index in [1.165, 1.54) is 18.6 Å². The highest BCUT2D eigenvalue weighted by Crippen LogP contribution is 2.19. The fourth-order valence-electron chi connectivity index (χ4n) is 0.708. The van der Waals surface area contributed by atoms with Gasteiger partial charge in [-0.1, -0.05) is 20.8 Å². The molecule has 0 aliphatic carbocycles. The summed E-state index contributed by atoms with van der Waals surface area (Å²) in [5.74, 6) is 2.08. The lowest BCUT2D eigenvalue weighted by Gasteiger charge is -2.14. The van der Waals surface area contributed by atoms with Crippen molar-refractivity contribution in [2.45, 2.75) is 38.9 Å². The number of unbranched alkanes of at least 4 members (excludes halogenated alkanes) is 1. The number of nitrogens with two attached hydrogens (primary N) is 1. The smallest absolute Gasteiger partial charge is 0.00417 e. The van der Waals surface area contributed by atoms with Gasteiger partial charge in [-0.25, -0.2) is 0 Å². The van der Waals surface area contributed by atoms with Crippen molar-refractivity contribution in [1.29, 1.82) is 0 Å². The average molecular weight is 175 g/mol. The largest absolute Gasteiger partial charge is 0.330 e. The topological polar surface area (TPSA) is 26.0 Å². The fraction of sp³-hybridized carbons (Fsp3) is 1.00. The second-order valence-electron chi connectivity index (χ2n) is 3.32. The molecule has 0 aromatic heterocycles. The van der Waals surface area contributed by atoms with Crippen molar-refractivity contribution in [2.75, 3.05) is 12.3 Å². The highest BCUT2D eigenvalue weighted by Gasteiger charge is 2.05. The normalized spacial score (nSPS) is 13.9. The van der Waals surface area contributed by atoms with Crippen LogP contribution < -0.4 is 5.73 Å². The van der Waals surface area contributed by atoms with Crippen molar-refractivity contribution in [3.05, 3.63) is 0 Å². The molecular formula is C9H21NS. The maximum atomic E-state index is 5.40. The molecule has 68 valence electrons. The van der Waals surface area contributed by atoms with Crippen molar-refractivity contribution in [1.82, 2.24) is 0 Å². The number of hydrogen-bond donors (Lipinski definition) is 1. The van der Waals surface area contributed by atoms with Crippen molar-refractivity contribution in [2.24, 2.45) is 11.7 Å². The highest BCUT2D eigenvalue weighted by atomic mass is 32.2. The van der Waals surface area contributed by atoms with E-state index in [2.05, 4.69) is 32.5 Å². The number of rotatable bonds is 6. The first kappa shape index (κ1) is 11.3. The van der Waals surface area contributed by atoms with Crippen LogP contribution in [-0.2, 0) is 0 Å². The molecule has 0 aliphatic rings. The quantitative estimate of drug-likeness (QED) is 0.628. The fourth-order valence-corrected chi connectivity index (χ4v) is 1.84. The molecule has 1 nitrogen and oxygen atoms in total. The SMILES string of the molecule is CC(C)C(C)SCCCCN. The molecule has 0 aromatic rings. The van der Waals surface area contributed by atoms with E-state index < -0.39 is 0 Å². The standard InChI is InChI=1S/C9H21NS/c1-8(2)9(3)11-7-5-4-6-10/h8-9H,4-7,10H2,1-3H3. The Morgan fingerprint density at radius 1 is 1.18 bits per heavy atom. The third-order valence-corrected chi connectivity index (χ3v) is 3.51. The minimum atomic E-state index is 0.799. The van der Waals surface area contributed by atoms with Crippen LogP contribution >= 0.6 is 11.8 Å². The minimum Gasteiger partial charge on any atom is -0.330 e. The van der Waals surface area contributed by atoms with E-state index in [4.69, 9.17) is 5.73 Å². The van der Waals surface area contributed by atoms with Gasteiger partial charge >= 0.3 is 0 Å². The molecule has 11 heavy (non-hydrogen) atoms. The Bertz CT molecular complexity index is 83.6. The summed E-state index contributed by atoms with van der Waals surface area (Å²) in [4.78, 5) is 0. The maximum absolute atomic E-state index is 5.40. The first-order valence-corrected chi connectivity index (χ1v) is 5.55. The van der Waals surface area contributed by atoms with Gasteiger partial charge in [0, 0.05) is 5.25 Å². The van der Waals surface area contributed by atoms with E-state index in [0.29, 0.717) is 0 Å². The molecule has 0 bridgehead atoms. The zero-order chi connectivity index (χ0) is 8.69. The summed E-state index contributed by atoms with van der Waals surface area (Å²) < 4.78 is 0. The summed E-state index contributed by atoms with van der Waals surface area (Å²) in [6.07, 6.45) is 2.45. The van der Waals surface area contributed by atoms with Crippen LogP contribution in [0.1, 0.15) is 33.6 Å². The van der Waals surface area contributed by atoms with Gasteiger partial charge in [-0.2, -0.15) is 11.8 Å². The highest BCUT2D eigenvalue weighted by molar-refractivity contribution is 7.99. The Morgan fingerprint density at radius 3 is 2.27 bits per heavy atom. The van der Waals surface area contributed by atoms with E-state index in [1.54, 1.807) is 0 Å². The van der Waals surface area contributed by atoms with Crippen LogP contribution in [0.4, 0.5) is 0 Å². The molecule has 0 heterocycles. The van der Waals surface area contributed by atoms with E-state index in [9.17, 15) is 0 Å². The Hall–Kier alpha value is 0.310. The summed E-state index contributed by atoms with van der Waals surface area (Å²) in [7, 11) is 0. The lowest BCUT2D eigenvalue weighted by molar-refractivity contribution is 0.641. The van der Waals surface area contributed by atoms with Gasteiger partial charge in [0.25, 0.3) is 0 Å². The second kappa shape index (κ2) is 6.99. The van der Waals surface area contributed by atoms with Gasteiger partial charge in [-0.05, 0) is 31.1 Å². The molecule has 0 amide bonds. The van der Waals surface area contributed by atoms with Crippen molar-refractivity contribution >= 4 is 11.8 Å². The summed E-state index contributed by atoms with van der Waals surface area (Å²) in [6.45, 7) is 7.70. The Balaban J connectivity index is 3.10. The van der Waals surface area contributed by atoms with Gasteiger partial charge in [-0.15, -0.1) is 0 Å². The molecule has 0 aromatic carbocycles. The molecule has 0 radical (unpaired) electrons. The number of thioether (sulfide) groups is 1. The lowest BCUT2D eigenvalue weighted by Crippen LogP contribution is -2.07.